The van der Waals surface area contributed by atoms with Crippen molar-refractivity contribution in [3.05, 3.63) is 78.2 Å². The first kappa shape index (κ1) is 23.9. The van der Waals surface area contributed by atoms with Gasteiger partial charge in [0.15, 0.2) is 5.76 Å². The molecule has 12 nitrogen and oxygen atoms in total. The molecule has 180 valence electrons. The Kier molecular flexibility index (Phi) is 7.56. The Morgan fingerprint density at radius 2 is 2.24 bits per heavy atom. The monoisotopic (exact) mass is 488 g/mol. The summed E-state index contributed by atoms with van der Waals surface area (Å²) in [5, 5.41) is 8.25. The number of nitrogens with zero attached hydrogens (tertiary/aromatic N) is 5. The van der Waals surface area contributed by atoms with Gasteiger partial charge in [-0.25, -0.2) is 9.55 Å². The van der Waals surface area contributed by atoms with E-state index < -0.39 is 14.0 Å². The molecule has 13 heteroatoms. The predicted molar refractivity (Wildman–Crippen MR) is 121 cm³/mol. The number of ether oxygens (including phenoxy) is 1. The first-order valence-electron chi connectivity index (χ1n) is 10.4. The van der Waals surface area contributed by atoms with E-state index in [4.69, 9.17) is 19.5 Å². The second-order valence-corrected chi connectivity index (χ2v) is 8.87. The molecule has 4 rings (SSSR count). The fourth-order valence-electron chi connectivity index (χ4n) is 3.19. The van der Waals surface area contributed by atoms with Gasteiger partial charge in [-0.15, -0.1) is 0 Å². The minimum Gasteiger partial charge on any atom is -0.476 e. The number of phosphoric ester groups is 1. The summed E-state index contributed by atoms with van der Waals surface area (Å²) in [4.78, 5) is 15.3. The number of phosphoric acid groups is 1. The van der Waals surface area contributed by atoms with Crippen LogP contribution in [0.3, 0.4) is 0 Å². The van der Waals surface area contributed by atoms with Crippen molar-refractivity contribution in [2.24, 2.45) is 5.73 Å². The van der Waals surface area contributed by atoms with Crippen LogP contribution >= 0.6 is 7.82 Å². The van der Waals surface area contributed by atoms with E-state index in [1.165, 1.54) is 4.90 Å². The standard InChI is InChI=1S/C21H25N6O6P/c1-30-34(28,29)32-15-26-8-2-4-18(21(26)22)19-13-17(25-33-19)12-16-5-6-20(23-14-16)31-11-10-27-9-3-7-24-27/h2-9,13-14,21H,10-12,15,22H2,1H3,(H,28,29). The molecule has 3 N–H and O–H groups in total. The van der Waals surface area contributed by atoms with E-state index in [-0.39, 0.29) is 6.73 Å². The Labute approximate surface area is 195 Å². The number of aromatic nitrogens is 4. The Morgan fingerprint density at radius 1 is 1.35 bits per heavy atom. The summed E-state index contributed by atoms with van der Waals surface area (Å²) in [6.07, 6.45) is 10.3. The minimum atomic E-state index is -4.12. The third kappa shape index (κ3) is 6.19. The first-order valence-corrected chi connectivity index (χ1v) is 11.9. The Bertz CT molecular complexity index is 1180. The molecule has 1 aliphatic rings. The summed E-state index contributed by atoms with van der Waals surface area (Å²) < 4.78 is 33.8. The van der Waals surface area contributed by atoms with Crippen molar-refractivity contribution < 1.29 is 27.8 Å². The summed E-state index contributed by atoms with van der Waals surface area (Å²) in [5.74, 6) is 1.02. The Hall–Kier alpha value is -3.28. The number of hydrogen-bond acceptors (Lipinski definition) is 10. The van der Waals surface area contributed by atoms with Crippen LogP contribution in [0.4, 0.5) is 0 Å². The highest BCUT2D eigenvalue weighted by atomic mass is 31.2. The zero-order valence-corrected chi connectivity index (χ0v) is 19.3. The van der Waals surface area contributed by atoms with Crippen LogP contribution in [0.15, 0.2) is 65.7 Å². The second-order valence-electron chi connectivity index (χ2n) is 7.31. The molecule has 0 spiro atoms. The van der Waals surface area contributed by atoms with Gasteiger partial charge in [0.25, 0.3) is 0 Å². The van der Waals surface area contributed by atoms with Gasteiger partial charge >= 0.3 is 7.82 Å². The molecule has 0 aliphatic carbocycles. The van der Waals surface area contributed by atoms with Crippen LogP contribution in [0.25, 0.3) is 5.57 Å². The van der Waals surface area contributed by atoms with Crippen LogP contribution in [0, 0.1) is 0 Å². The van der Waals surface area contributed by atoms with Gasteiger partial charge in [-0.3, -0.25) is 13.7 Å². The van der Waals surface area contributed by atoms with E-state index in [0.717, 1.165) is 12.7 Å². The third-order valence-electron chi connectivity index (χ3n) is 4.99. The summed E-state index contributed by atoms with van der Waals surface area (Å²) >= 11 is 0. The SMILES string of the molecule is COP(=O)(O)OCN1C=CC=C(c2cc(Cc3ccc(OCCn4cccn4)nc3)no2)C1N. The largest absolute Gasteiger partial charge is 0.476 e. The van der Waals surface area contributed by atoms with Crippen LogP contribution in [0.5, 0.6) is 5.88 Å². The van der Waals surface area contributed by atoms with Crippen LogP contribution < -0.4 is 10.5 Å². The van der Waals surface area contributed by atoms with Gasteiger partial charge in [-0.05, 0) is 17.7 Å². The van der Waals surface area contributed by atoms with Gasteiger partial charge in [0.1, 0.15) is 19.5 Å². The molecule has 0 aromatic carbocycles. The molecular weight excluding hydrogens is 463 g/mol. The quantitative estimate of drug-likeness (QED) is 0.382. The molecule has 1 aliphatic heterocycles. The molecule has 0 saturated heterocycles. The maximum absolute atomic E-state index is 11.5. The lowest BCUT2D eigenvalue weighted by molar-refractivity contribution is 0.100. The third-order valence-corrected chi connectivity index (χ3v) is 5.89. The fraction of sp³-hybridized carbons (Fsp3) is 0.286. The molecule has 0 fully saturated rings. The second kappa shape index (κ2) is 10.8. The molecular formula is C21H25N6O6P. The van der Waals surface area contributed by atoms with Gasteiger partial charge in [0, 0.05) is 56.0 Å². The van der Waals surface area contributed by atoms with Crippen LogP contribution in [-0.2, 0) is 26.6 Å². The first-order chi connectivity index (χ1) is 16.4. The Balaban J connectivity index is 1.32. The van der Waals surface area contributed by atoms with Gasteiger partial charge < -0.3 is 24.8 Å². The fourth-order valence-corrected chi connectivity index (χ4v) is 3.57. The van der Waals surface area contributed by atoms with Crippen LogP contribution in [-0.4, -0.2) is 56.3 Å². The van der Waals surface area contributed by atoms with Crippen molar-refractivity contribution in [3.63, 3.8) is 0 Å². The highest BCUT2D eigenvalue weighted by Gasteiger charge is 2.26. The van der Waals surface area contributed by atoms with E-state index in [1.54, 1.807) is 41.5 Å². The van der Waals surface area contributed by atoms with Crippen molar-refractivity contribution >= 4 is 13.4 Å². The topological polar surface area (TPSA) is 151 Å². The van der Waals surface area contributed by atoms with Gasteiger partial charge in [0.2, 0.25) is 5.88 Å². The molecule has 3 aromatic heterocycles. The lowest BCUT2D eigenvalue weighted by atomic mass is 10.1. The van der Waals surface area contributed by atoms with Gasteiger partial charge in [-0.2, -0.15) is 5.10 Å². The maximum atomic E-state index is 11.5. The van der Waals surface area contributed by atoms with E-state index >= 15 is 0 Å². The highest BCUT2D eigenvalue weighted by molar-refractivity contribution is 7.47. The number of allylic oxidation sites excluding steroid dienone is 2. The van der Waals surface area contributed by atoms with E-state index in [9.17, 15) is 9.46 Å². The summed E-state index contributed by atoms with van der Waals surface area (Å²) in [6, 6.07) is 7.38. The number of nitrogens with two attached hydrogens (primary N) is 1. The summed E-state index contributed by atoms with van der Waals surface area (Å²) in [6.45, 7) is 0.869. The molecule has 4 heterocycles. The Morgan fingerprint density at radius 3 is 2.97 bits per heavy atom. The lowest BCUT2D eigenvalue weighted by Crippen LogP contribution is -2.41. The molecule has 0 amide bonds. The van der Waals surface area contributed by atoms with Gasteiger partial charge in [-0.1, -0.05) is 17.3 Å². The number of rotatable bonds is 11. The van der Waals surface area contributed by atoms with Crippen molar-refractivity contribution in [1.29, 1.82) is 0 Å². The van der Waals surface area contributed by atoms with E-state index in [2.05, 4.69) is 19.8 Å². The lowest BCUT2D eigenvalue weighted by Gasteiger charge is -2.30. The molecule has 3 aromatic rings. The van der Waals surface area contributed by atoms with E-state index in [1.807, 2.05) is 24.4 Å². The number of pyridine rings is 1. The molecule has 2 unspecified atom stereocenters. The zero-order chi connectivity index (χ0) is 24.0. The maximum Gasteiger partial charge on any atom is 0.473 e. The highest BCUT2D eigenvalue weighted by Crippen LogP contribution is 2.42. The van der Waals surface area contributed by atoms with Crippen molar-refractivity contribution in [2.45, 2.75) is 19.1 Å². The molecule has 2 atom stereocenters. The average molecular weight is 488 g/mol. The molecule has 0 radical (unpaired) electrons. The molecule has 34 heavy (non-hydrogen) atoms. The molecule has 0 bridgehead atoms. The van der Waals surface area contributed by atoms with Crippen molar-refractivity contribution in [3.8, 4) is 5.88 Å². The van der Waals surface area contributed by atoms with Crippen molar-refractivity contribution in [1.82, 2.24) is 24.8 Å². The summed E-state index contributed by atoms with van der Waals surface area (Å²) in [7, 11) is -3.03. The van der Waals surface area contributed by atoms with E-state index in [0.29, 0.717) is 42.5 Å². The zero-order valence-electron chi connectivity index (χ0n) is 18.4. The number of hydrogen-bond donors (Lipinski definition) is 2. The average Bonchev–Trinajstić information content (AvgIpc) is 3.52. The normalized spacial score (nSPS) is 17.4. The van der Waals surface area contributed by atoms with Crippen LogP contribution in [0.2, 0.25) is 0 Å². The van der Waals surface area contributed by atoms with Crippen LogP contribution in [0.1, 0.15) is 17.0 Å². The summed E-state index contributed by atoms with van der Waals surface area (Å²) in [5.41, 5.74) is 8.56. The smallest absolute Gasteiger partial charge is 0.473 e. The minimum absolute atomic E-state index is 0.236. The predicted octanol–water partition coefficient (Wildman–Crippen LogP) is 2.15. The van der Waals surface area contributed by atoms with Gasteiger partial charge in [0.05, 0.1) is 12.2 Å². The molecule has 0 saturated carbocycles. The van der Waals surface area contributed by atoms with Crippen molar-refractivity contribution in [2.75, 3.05) is 20.4 Å².